The lowest BCUT2D eigenvalue weighted by molar-refractivity contribution is 0.0325. The van der Waals surface area contributed by atoms with E-state index in [-0.39, 0.29) is 22.8 Å². The van der Waals surface area contributed by atoms with E-state index in [2.05, 4.69) is 6.92 Å². The average Bonchev–Trinajstić information content (AvgIpc) is 2.82. The van der Waals surface area contributed by atoms with Crippen molar-refractivity contribution in [2.75, 3.05) is 18.1 Å². The van der Waals surface area contributed by atoms with Gasteiger partial charge in [-0.1, -0.05) is 71.1 Å². The van der Waals surface area contributed by atoms with Crippen LogP contribution in [0, 0.1) is 0 Å². The fourth-order valence-electron chi connectivity index (χ4n) is 3.46. The fraction of sp³-hybridized carbons (Fsp3) is 1.00. The summed E-state index contributed by atoms with van der Waals surface area (Å²) in [4.78, 5) is 0. The molecule has 0 radical (unpaired) electrons. The minimum absolute atomic E-state index is 0.0102. The summed E-state index contributed by atoms with van der Waals surface area (Å²) in [6, 6.07) is 0. The number of rotatable bonds is 14. The summed E-state index contributed by atoms with van der Waals surface area (Å²) in [7, 11) is 0.0102. The second kappa shape index (κ2) is 13.5. The molecule has 1 fully saturated rings. The van der Waals surface area contributed by atoms with E-state index in [9.17, 15) is 15.3 Å². The monoisotopic (exact) mass is 347 g/mol. The van der Waals surface area contributed by atoms with Gasteiger partial charge in [-0.3, -0.25) is 0 Å². The molecule has 138 valence electrons. The van der Waals surface area contributed by atoms with Crippen molar-refractivity contribution in [2.45, 2.75) is 101 Å². The van der Waals surface area contributed by atoms with Crippen molar-refractivity contribution < 1.29 is 15.3 Å². The Morgan fingerprint density at radius 1 is 0.783 bits per heavy atom. The summed E-state index contributed by atoms with van der Waals surface area (Å²) in [6.45, 7) is 2.28. The first-order valence-electron chi connectivity index (χ1n) is 9.84. The average molecular weight is 348 g/mol. The Kier molecular flexibility index (Phi) is 12.5. The van der Waals surface area contributed by atoms with Crippen LogP contribution < -0.4 is 0 Å². The predicted octanol–water partition coefficient (Wildman–Crippen LogP) is 3.40. The van der Waals surface area contributed by atoms with Crippen LogP contribution in [0.5, 0.6) is 0 Å². The van der Waals surface area contributed by atoms with Gasteiger partial charge in [0, 0.05) is 0 Å². The lowest BCUT2D eigenvalue weighted by atomic mass is 10.1. The Morgan fingerprint density at radius 3 is 1.74 bits per heavy atom. The molecule has 1 aliphatic heterocycles. The van der Waals surface area contributed by atoms with Crippen LogP contribution in [-0.2, 0) is 10.9 Å². The van der Waals surface area contributed by atoms with Crippen LogP contribution in [0.1, 0.15) is 84.0 Å². The molecule has 0 spiro atoms. The third-order valence-corrected chi connectivity index (χ3v) is 7.90. The summed E-state index contributed by atoms with van der Waals surface area (Å²) < 4.78 is 0. The van der Waals surface area contributed by atoms with Gasteiger partial charge in [0.25, 0.3) is 0 Å². The molecule has 1 heterocycles. The van der Waals surface area contributed by atoms with Crippen LogP contribution in [0.4, 0.5) is 0 Å². The van der Waals surface area contributed by atoms with Crippen LogP contribution in [-0.4, -0.2) is 50.9 Å². The predicted molar refractivity (Wildman–Crippen MR) is 101 cm³/mol. The van der Waals surface area contributed by atoms with Crippen molar-refractivity contribution in [3.05, 3.63) is 0 Å². The highest BCUT2D eigenvalue weighted by Crippen LogP contribution is 2.25. The molecular formula is C19H39O3S+. The first kappa shape index (κ1) is 21.3. The van der Waals surface area contributed by atoms with Crippen molar-refractivity contribution in [3.63, 3.8) is 0 Å². The van der Waals surface area contributed by atoms with Gasteiger partial charge < -0.3 is 15.3 Å². The summed E-state index contributed by atoms with van der Waals surface area (Å²) >= 11 is 0. The molecule has 1 saturated heterocycles. The topological polar surface area (TPSA) is 60.7 Å². The summed E-state index contributed by atoms with van der Waals surface area (Å²) in [5.41, 5.74) is 0. The molecule has 0 aromatic heterocycles. The summed E-state index contributed by atoms with van der Waals surface area (Å²) in [5, 5.41) is 28.8. The number of aliphatic hydroxyl groups excluding tert-OH is 3. The van der Waals surface area contributed by atoms with Gasteiger partial charge in [-0.25, -0.2) is 0 Å². The van der Waals surface area contributed by atoms with Gasteiger partial charge in [0.15, 0.2) is 5.25 Å². The lowest BCUT2D eigenvalue weighted by Crippen LogP contribution is -2.34. The van der Waals surface area contributed by atoms with Crippen LogP contribution in [0.15, 0.2) is 0 Å². The molecule has 3 nitrogen and oxygen atoms in total. The molecule has 0 aromatic rings. The fourth-order valence-corrected chi connectivity index (χ4v) is 6.18. The molecule has 0 saturated carbocycles. The zero-order valence-corrected chi connectivity index (χ0v) is 15.9. The van der Waals surface area contributed by atoms with Gasteiger partial charge in [-0.05, 0) is 23.7 Å². The van der Waals surface area contributed by atoms with Crippen LogP contribution >= 0.6 is 0 Å². The van der Waals surface area contributed by atoms with Crippen molar-refractivity contribution in [3.8, 4) is 0 Å². The third kappa shape index (κ3) is 8.76. The molecule has 3 N–H and O–H groups in total. The minimum Gasteiger partial charge on any atom is -0.391 e. The Hall–Kier alpha value is 0.230. The van der Waals surface area contributed by atoms with E-state index in [1.807, 2.05) is 0 Å². The van der Waals surface area contributed by atoms with E-state index < -0.39 is 12.2 Å². The zero-order valence-electron chi connectivity index (χ0n) is 15.1. The van der Waals surface area contributed by atoms with Crippen molar-refractivity contribution in [1.82, 2.24) is 0 Å². The van der Waals surface area contributed by atoms with Gasteiger partial charge in [0.05, 0.1) is 6.61 Å². The molecule has 0 bridgehead atoms. The first-order valence-corrected chi connectivity index (χ1v) is 11.5. The maximum Gasteiger partial charge on any atom is 0.169 e. The van der Waals surface area contributed by atoms with Gasteiger partial charge in [-0.2, -0.15) is 0 Å². The van der Waals surface area contributed by atoms with E-state index in [0.29, 0.717) is 5.75 Å². The molecule has 4 heteroatoms. The molecular weight excluding hydrogens is 308 g/mol. The standard InChI is InChI=1S/C19H39O3S/c1-2-3-4-5-6-7-8-9-10-11-12-13-14-23-16-17(21)19(22)18(23)15-20/h17-22H,2-16H2,1H3/q+1/t17-,18-,19+,23?/m1/s1. The van der Waals surface area contributed by atoms with E-state index >= 15 is 0 Å². The van der Waals surface area contributed by atoms with Crippen LogP contribution in [0.25, 0.3) is 0 Å². The highest BCUT2D eigenvalue weighted by Gasteiger charge is 2.48. The Balaban J connectivity index is 1.88. The van der Waals surface area contributed by atoms with Gasteiger partial charge in [-0.15, -0.1) is 0 Å². The van der Waals surface area contributed by atoms with Crippen LogP contribution in [0.3, 0.4) is 0 Å². The Morgan fingerprint density at radius 2 is 1.26 bits per heavy atom. The molecule has 0 aliphatic carbocycles. The maximum absolute atomic E-state index is 9.82. The van der Waals surface area contributed by atoms with Gasteiger partial charge in [0.2, 0.25) is 0 Å². The highest BCUT2D eigenvalue weighted by atomic mass is 32.2. The van der Waals surface area contributed by atoms with E-state index in [1.54, 1.807) is 0 Å². The van der Waals surface area contributed by atoms with E-state index in [1.165, 1.54) is 77.0 Å². The van der Waals surface area contributed by atoms with E-state index in [4.69, 9.17) is 0 Å². The second-order valence-electron chi connectivity index (χ2n) is 7.08. The molecule has 0 amide bonds. The number of aliphatic hydroxyl groups is 3. The zero-order chi connectivity index (χ0) is 16.9. The lowest BCUT2D eigenvalue weighted by Gasteiger charge is -2.11. The highest BCUT2D eigenvalue weighted by molar-refractivity contribution is 7.97. The SMILES string of the molecule is CCCCCCCCCCCCCC[S+]1C[C@@H](O)[C@H](O)[C@H]1CO. The summed E-state index contributed by atoms with van der Waals surface area (Å²) in [5.74, 6) is 1.75. The van der Waals surface area contributed by atoms with Crippen molar-refractivity contribution in [1.29, 1.82) is 0 Å². The largest absolute Gasteiger partial charge is 0.391 e. The normalized spacial score (nSPS) is 27.7. The number of hydrogen-bond donors (Lipinski definition) is 3. The summed E-state index contributed by atoms with van der Waals surface area (Å²) in [6.07, 6.45) is 14.9. The first-order chi connectivity index (χ1) is 11.2. The van der Waals surface area contributed by atoms with E-state index in [0.717, 1.165) is 5.75 Å². The van der Waals surface area contributed by atoms with Gasteiger partial charge >= 0.3 is 0 Å². The molecule has 4 atom stereocenters. The van der Waals surface area contributed by atoms with Crippen molar-refractivity contribution in [2.24, 2.45) is 0 Å². The maximum atomic E-state index is 9.82. The third-order valence-electron chi connectivity index (χ3n) is 5.03. The molecule has 1 aliphatic rings. The van der Waals surface area contributed by atoms with Gasteiger partial charge in [0.1, 0.15) is 23.7 Å². The second-order valence-corrected chi connectivity index (χ2v) is 9.50. The molecule has 0 aromatic carbocycles. The molecule has 23 heavy (non-hydrogen) atoms. The molecule has 1 unspecified atom stereocenters. The van der Waals surface area contributed by atoms with Crippen molar-refractivity contribution >= 4 is 10.9 Å². The van der Waals surface area contributed by atoms with Crippen LogP contribution in [0.2, 0.25) is 0 Å². The Labute approximate surface area is 146 Å². The molecule has 1 rings (SSSR count). The Bertz CT molecular complexity index is 275. The minimum atomic E-state index is -0.708. The quantitative estimate of drug-likeness (QED) is 0.333. The number of unbranched alkanes of at least 4 members (excludes halogenated alkanes) is 11. The smallest absolute Gasteiger partial charge is 0.169 e. The number of hydrogen-bond acceptors (Lipinski definition) is 3.